The van der Waals surface area contributed by atoms with E-state index < -0.39 is 31.8 Å². The van der Waals surface area contributed by atoms with Gasteiger partial charge < -0.3 is 10.1 Å². The minimum atomic E-state index is -3.69. The lowest BCUT2D eigenvalue weighted by Crippen LogP contribution is -2.41. The summed E-state index contributed by atoms with van der Waals surface area (Å²) >= 11 is 0. The number of carbonyl (C=O) groups is 1. The molecule has 202 valence electrons. The molecule has 1 amide bonds. The van der Waals surface area contributed by atoms with Gasteiger partial charge in [-0.2, -0.15) is 4.31 Å². The van der Waals surface area contributed by atoms with Crippen LogP contribution in [0.1, 0.15) is 37.7 Å². The minimum Gasteiger partial charge on any atom is -0.495 e. The maximum absolute atomic E-state index is 13.1. The Kier molecular flexibility index (Phi) is 8.52. The summed E-state index contributed by atoms with van der Waals surface area (Å²) in [5, 5.41) is 2.79. The zero-order valence-corrected chi connectivity index (χ0v) is 22.4. The normalized spacial score (nSPS) is 18.4. The van der Waals surface area contributed by atoms with Gasteiger partial charge in [0.05, 0.1) is 23.4 Å². The zero-order valence-electron chi connectivity index (χ0n) is 20.7. The summed E-state index contributed by atoms with van der Waals surface area (Å²) in [5.74, 6) is -1.09. The van der Waals surface area contributed by atoms with E-state index in [1.54, 1.807) is 0 Å². The van der Waals surface area contributed by atoms with Crippen LogP contribution in [0.15, 0.2) is 47.4 Å². The monoisotopic (exact) mass is 553 g/mol. The van der Waals surface area contributed by atoms with Gasteiger partial charge in [0.1, 0.15) is 11.6 Å². The first-order chi connectivity index (χ1) is 17.6. The smallest absolute Gasteiger partial charge is 0.243 e. The van der Waals surface area contributed by atoms with Crippen LogP contribution >= 0.6 is 0 Å². The van der Waals surface area contributed by atoms with Gasteiger partial charge in [0, 0.05) is 32.1 Å². The first kappa shape index (κ1) is 27.5. The van der Waals surface area contributed by atoms with Crippen molar-refractivity contribution >= 4 is 31.6 Å². The number of hydrogen-bond donors (Lipinski definition) is 1. The average molecular weight is 554 g/mol. The molecule has 0 aromatic heterocycles. The summed E-state index contributed by atoms with van der Waals surface area (Å²) < 4.78 is 73.1. The molecule has 2 aliphatic heterocycles. The third-order valence-corrected chi connectivity index (χ3v) is 10.6. The quantitative estimate of drug-likeness (QED) is 0.537. The van der Waals surface area contributed by atoms with Gasteiger partial charge in [-0.15, -0.1) is 0 Å². The van der Waals surface area contributed by atoms with E-state index in [0.29, 0.717) is 37.2 Å². The number of amides is 1. The molecule has 37 heavy (non-hydrogen) atoms. The molecular weight excluding hydrogens is 521 g/mol. The number of anilines is 1. The number of benzene rings is 2. The molecule has 2 heterocycles. The van der Waals surface area contributed by atoms with Crippen molar-refractivity contribution in [3.8, 4) is 5.75 Å². The summed E-state index contributed by atoms with van der Waals surface area (Å²) in [6.07, 6.45) is 3.28. The van der Waals surface area contributed by atoms with E-state index in [1.165, 1.54) is 58.2 Å². The number of sulfonamides is 2. The standard InChI is InChI=1S/C25H32FN3O6S2/c1-35-24-10-9-22(37(33,34)29-13-3-2-4-14-29)17-23(24)27-25(30)20-11-15-28(16-12-20)36(31,32)18-19-5-7-21(26)8-6-19/h5-10,17,20H,2-4,11-16,18H2,1H3,(H,27,30). The van der Waals surface area contributed by atoms with Crippen molar-refractivity contribution in [3.63, 3.8) is 0 Å². The van der Waals surface area contributed by atoms with E-state index in [1.807, 2.05) is 0 Å². The van der Waals surface area contributed by atoms with Crippen LogP contribution in [0.4, 0.5) is 10.1 Å². The number of halogens is 1. The molecule has 0 aliphatic carbocycles. The highest BCUT2D eigenvalue weighted by Gasteiger charge is 2.32. The van der Waals surface area contributed by atoms with Crippen LogP contribution in [-0.2, 0) is 30.6 Å². The van der Waals surface area contributed by atoms with E-state index in [4.69, 9.17) is 4.74 Å². The Balaban J connectivity index is 1.40. The van der Waals surface area contributed by atoms with Gasteiger partial charge in [0.15, 0.2) is 0 Å². The summed E-state index contributed by atoms with van der Waals surface area (Å²) in [6.45, 7) is 1.31. The van der Waals surface area contributed by atoms with Gasteiger partial charge in [0.25, 0.3) is 0 Å². The molecule has 0 unspecified atom stereocenters. The molecule has 2 fully saturated rings. The predicted molar refractivity (Wildman–Crippen MR) is 138 cm³/mol. The molecule has 2 aromatic carbocycles. The second-order valence-electron chi connectivity index (χ2n) is 9.37. The van der Waals surface area contributed by atoms with Gasteiger partial charge in [0.2, 0.25) is 26.0 Å². The van der Waals surface area contributed by atoms with E-state index in [9.17, 15) is 26.0 Å². The van der Waals surface area contributed by atoms with Crippen molar-refractivity contribution in [2.45, 2.75) is 42.8 Å². The van der Waals surface area contributed by atoms with Crippen molar-refractivity contribution in [1.29, 1.82) is 0 Å². The molecule has 2 aliphatic rings. The zero-order chi connectivity index (χ0) is 26.6. The Morgan fingerprint density at radius 3 is 2.22 bits per heavy atom. The first-order valence-corrected chi connectivity index (χ1v) is 15.4. The van der Waals surface area contributed by atoms with Crippen molar-refractivity contribution in [1.82, 2.24) is 8.61 Å². The molecule has 0 radical (unpaired) electrons. The van der Waals surface area contributed by atoms with Crippen LogP contribution in [0.2, 0.25) is 0 Å². The highest BCUT2D eigenvalue weighted by atomic mass is 32.2. The maximum Gasteiger partial charge on any atom is 0.243 e. The number of rotatable bonds is 8. The van der Waals surface area contributed by atoms with Gasteiger partial charge in [-0.3, -0.25) is 4.79 Å². The van der Waals surface area contributed by atoms with Crippen LogP contribution in [0.5, 0.6) is 5.75 Å². The molecule has 9 nitrogen and oxygen atoms in total. The number of ether oxygens (including phenoxy) is 1. The van der Waals surface area contributed by atoms with E-state index in [0.717, 1.165) is 19.3 Å². The number of methoxy groups -OCH3 is 1. The lowest BCUT2D eigenvalue weighted by Gasteiger charge is -2.30. The molecular formula is C25H32FN3O6S2. The number of piperidine rings is 2. The molecule has 0 spiro atoms. The molecule has 12 heteroatoms. The number of hydrogen-bond acceptors (Lipinski definition) is 6. The fraction of sp³-hybridized carbons (Fsp3) is 0.480. The summed E-state index contributed by atoms with van der Waals surface area (Å²) in [7, 11) is -5.86. The van der Waals surface area contributed by atoms with Crippen LogP contribution in [0, 0.1) is 11.7 Å². The minimum absolute atomic E-state index is 0.0900. The van der Waals surface area contributed by atoms with Crippen molar-refractivity contribution in [3.05, 3.63) is 53.8 Å². The average Bonchev–Trinajstić information content (AvgIpc) is 2.90. The van der Waals surface area contributed by atoms with Gasteiger partial charge >= 0.3 is 0 Å². The summed E-state index contributed by atoms with van der Waals surface area (Å²) in [6, 6.07) is 9.76. The third-order valence-electron chi connectivity index (χ3n) is 6.86. The summed E-state index contributed by atoms with van der Waals surface area (Å²) in [5.41, 5.74) is 0.754. The van der Waals surface area contributed by atoms with Crippen molar-refractivity contribution in [2.75, 3.05) is 38.6 Å². The molecule has 2 aromatic rings. The fourth-order valence-corrected chi connectivity index (χ4v) is 7.82. The molecule has 2 saturated heterocycles. The topological polar surface area (TPSA) is 113 Å². The van der Waals surface area contributed by atoms with Crippen LogP contribution in [0.3, 0.4) is 0 Å². The molecule has 4 rings (SSSR count). The van der Waals surface area contributed by atoms with Gasteiger partial charge in [-0.25, -0.2) is 25.5 Å². The molecule has 1 N–H and O–H groups in total. The Hall–Kier alpha value is -2.54. The Labute approximate surface area is 217 Å². The fourth-order valence-electron chi connectivity index (χ4n) is 4.71. The SMILES string of the molecule is COc1ccc(S(=O)(=O)N2CCCCC2)cc1NC(=O)C1CCN(S(=O)(=O)Cc2ccc(F)cc2)CC1. The van der Waals surface area contributed by atoms with Crippen molar-refractivity contribution < 1.29 is 30.8 Å². The Morgan fingerprint density at radius 1 is 0.946 bits per heavy atom. The second kappa shape index (κ2) is 11.5. The second-order valence-corrected chi connectivity index (χ2v) is 13.3. The molecule has 0 atom stereocenters. The van der Waals surface area contributed by atoms with E-state index in [-0.39, 0.29) is 35.3 Å². The van der Waals surface area contributed by atoms with Crippen molar-refractivity contribution in [2.24, 2.45) is 5.92 Å². The van der Waals surface area contributed by atoms with E-state index in [2.05, 4.69) is 5.32 Å². The highest BCUT2D eigenvalue weighted by molar-refractivity contribution is 7.89. The highest BCUT2D eigenvalue weighted by Crippen LogP contribution is 2.31. The molecule has 0 saturated carbocycles. The van der Waals surface area contributed by atoms with Crippen LogP contribution in [-0.4, -0.2) is 64.6 Å². The van der Waals surface area contributed by atoms with E-state index >= 15 is 0 Å². The summed E-state index contributed by atoms with van der Waals surface area (Å²) in [4.78, 5) is 13.1. The Morgan fingerprint density at radius 2 is 1.59 bits per heavy atom. The maximum atomic E-state index is 13.1. The van der Waals surface area contributed by atoms with Crippen LogP contribution in [0.25, 0.3) is 0 Å². The number of nitrogens with zero attached hydrogens (tertiary/aromatic N) is 2. The lowest BCUT2D eigenvalue weighted by atomic mass is 9.97. The number of carbonyl (C=O) groups excluding carboxylic acids is 1. The largest absolute Gasteiger partial charge is 0.495 e. The Bertz CT molecular complexity index is 1320. The van der Waals surface area contributed by atoms with Crippen LogP contribution < -0.4 is 10.1 Å². The lowest BCUT2D eigenvalue weighted by molar-refractivity contribution is -0.120. The molecule has 0 bridgehead atoms. The first-order valence-electron chi connectivity index (χ1n) is 12.3. The van der Waals surface area contributed by atoms with Gasteiger partial charge in [-0.1, -0.05) is 18.6 Å². The number of nitrogens with one attached hydrogen (secondary N) is 1. The third kappa shape index (κ3) is 6.49. The van der Waals surface area contributed by atoms with Gasteiger partial charge in [-0.05, 0) is 61.6 Å². The predicted octanol–water partition coefficient (Wildman–Crippen LogP) is 3.19.